The molecule has 0 spiro atoms. The maximum absolute atomic E-state index is 5.98. The number of nitrogens with two attached hydrogens (primary N) is 1. The van der Waals surface area contributed by atoms with E-state index in [-0.39, 0.29) is 6.04 Å². The highest BCUT2D eigenvalue weighted by Crippen LogP contribution is 2.21. The van der Waals surface area contributed by atoms with E-state index in [0.717, 1.165) is 16.9 Å². The van der Waals surface area contributed by atoms with Gasteiger partial charge in [-0.15, -0.1) is 0 Å². The molecule has 3 heteroatoms. The van der Waals surface area contributed by atoms with Crippen LogP contribution in [0.25, 0.3) is 0 Å². The minimum atomic E-state index is -0.0606. The minimum absolute atomic E-state index is 0.0606. The van der Waals surface area contributed by atoms with Gasteiger partial charge in [0.1, 0.15) is 5.75 Å². The first-order valence-corrected chi connectivity index (χ1v) is 5.17. The van der Waals surface area contributed by atoms with Gasteiger partial charge in [0, 0.05) is 6.61 Å². The van der Waals surface area contributed by atoms with E-state index in [1.165, 1.54) is 0 Å². The van der Waals surface area contributed by atoms with Gasteiger partial charge in [-0.25, -0.2) is 0 Å². The van der Waals surface area contributed by atoms with Crippen LogP contribution in [0.4, 0.5) is 0 Å². The van der Waals surface area contributed by atoms with Crippen molar-refractivity contribution in [3.63, 3.8) is 0 Å². The van der Waals surface area contributed by atoms with E-state index in [0.29, 0.717) is 13.2 Å². The Labute approximate surface area is 91.2 Å². The van der Waals surface area contributed by atoms with Crippen LogP contribution in [0.2, 0.25) is 0 Å². The number of hydrogen-bond acceptors (Lipinski definition) is 3. The Morgan fingerprint density at radius 3 is 2.67 bits per heavy atom. The smallest absolute Gasteiger partial charge is 0.121 e. The molecule has 3 nitrogen and oxygen atoms in total. The largest absolute Gasteiger partial charge is 0.496 e. The van der Waals surface area contributed by atoms with E-state index in [1.54, 1.807) is 7.11 Å². The van der Waals surface area contributed by atoms with Crippen molar-refractivity contribution in [2.24, 2.45) is 5.73 Å². The lowest BCUT2D eigenvalue weighted by Gasteiger charge is -2.13. The van der Waals surface area contributed by atoms with Crippen LogP contribution in [-0.2, 0) is 4.74 Å². The fourth-order valence-corrected chi connectivity index (χ4v) is 1.47. The van der Waals surface area contributed by atoms with Crippen LogP contribution < -0.4 is 10.5 Å². The number of methoxy groups -OCH3 is 1. The summed E-state index contributed by atoms with van der Waals surface area (Å²) in [7, 11) is 1.67. The first kappa shape index (κ1) is 12.0. The average Bonchev–Trinajstić information content (AvgIpc) is 2.25. The summed E-state index contributed by atoms with van der Waals surface area (Å²) in [4.78, 5) is 0. The van der Waals surface area contributed by atoms with Crippen molar-refractivity contribution >= 4 is 0 Å². The molecule has 0 aliphatic carbocycles. The maximum Gasteiger partial charge on any atom is 0.121 e. The molecule has 0 radical (unpaired) electrons. The van der Waals surface area contributed by atoms with Crippen molar-refractivity contribution < 1.29 is 9.47 Å². The topological polar surface area (TPSA) is 44.5 Å². The molecule has 1 unspecified atom stereocenters. The standard InChI is InChI=1S/C12H19NO2/c1-4-15-8-11(13)10-5-6-12(14-3)9(2)7-10/h5-7,11H,4,8,13H2,1-3H3. The monoisotopic (exact) mass is 209 g/mol. The summed E-state index contributed by atoms with van der Waals surface area (Å²) in [5.41, 5.74) is 8.16. The third-order valence-electron chi connectivity index (χ3n) is 2.35. The lowest BCUT2D eigenvalue weighted by molar-refractivity contribution is 0.133. The predicted molar refractivity (Wildman–Crippen MR) is 61.2 cm³/mol. The molecule has 0 saturated carbocycles. The molecule has 15 heavy (non-hydrogen) atoms. The second kappa shape index (κ2) is 5.73. The van der Waals surface area contributed by atoms with E-state index < -0.39 is 0 Å². The first-order valence-electron chi connectivity index (χ1n) is 5.17. The van der Waals surface area contributed by atoms with Gasteiger partial charge in [0.15, 0.2) is 0 Å². The molecule has 0 aliphatic rings. The molecule has 1 atom stereocenters. The second-order valence-corrected chi connectivity index (χ2v) is 3.50. The fourth-order valence-electron chi connectivity index (χ4n) is 1.47. The highest BCUT2D eigenvalue weighted by atomic mass is 16.5. The van der Waals surface area contributed by atoms with Gasteiger partial charge in [-0.1, -0.05) is 12.1 Å². The molecule has 0 amide bonds. The van der Waals surface area contributed by atoms with E-state index in [2.05, 4.69) is 0 Å². The molecule has 84 valence electrons. The zero-order valence-electron chi connectivity index (χ0n) is 9.62. The van der Waals surface area contributed by atoms with Crippen LogP contribution in [0, 0.1) is 6.92 Å². The lowest BCUT2D eigenvalue weighted by atomic mass is 10.1. The molecule has 0 bridgehead atoms. The molecule has 2 N–H and O–H groups in total. The van der Waals surface area contributed by atoms with Crippen LogP contribution in [0.5, 0.6) is 5.75 Å². The molecule has 0 aliphatic heterocycles. The predicted octanol–water partition coefficient (Wildman–Crippen LogP) is 2.04. The molecule has 1 aromatic rings. The number of benzene rings is 1. The summed E-state index contributed by atoms with van der Waals surface area (Å²) >= 11 is 0. The minimum Gasteiger partial charge on any atom is -0.496 e. The quantitative estimate of drug-likeness (QED) is 0.807. The maximum atomic E-state index is 5.98. The summed E-state index contributed by atoms with van der Waals surface area (Å²) < 4.78 is 10.5. The van der Waals surface area contributed by atoms with Crippen molar-refractivity contribution in [2.45, 2.75) is 19.9 Å². The third-order valence-corrected chi connectivity index (χ3v) is 2.35. The van der Waals surface area contributed by atoms with Crippen molar-refractivity contribution in [3.05, 3.63) is 29.3 Å². The molecule has 1 aromatic carbocycles. The SMILES string of the molecule is CCOCC(N)c1ccc(OC)c(C)c1. The van der Waals surface area contributed by atoms with Crippen LogP contribution in [0.15, 0.2) is 18.2 Å². The Morgan fingerprint density at radius 1 is 1.40 bits per heavy atom. The summed E-state index contributed by atoms with van der Waals surface area (Å²) in [6.07, 6.45) is 0. The molecular formula is C12H19NO2. The zero-order chi connectivity index (χ0) is 11.3. The summed E-state index contributed by atoms with van der Waals surface area (Å²) in [5.74, 6) is 0.891. The van der Waals surface area contributed by atoms with Crippen LogP contribution >= 0.6 is 0 Å². The van der Waals surface area contributed by atoms with Gasteiger partial charge >= 0.3 is 0 Å². The van der Waals surface area contributed by atoms with Crippen molar-refractivity contribution in [3.8, 4) is 5.75 Å². The normalized spacial score (nSPS) is 12.5. The number of aryl methyl sites for hydroxylation is 1. The number of ether oxygens (including phenoxy) is 2. The molecule has 1 rings (SSSR count). The Morgan fingerprint density at radius 2 is 2.13 bits per heavy atom. The highest BCUT2D eigenvalue weighted by Gasteiger charge is 2.07. The van der Waals surface area contributed by atoms with Gasteiger partial charge in [-0.3, -0.25) is 0 Å². The third kappa shape index (κ3) is 3.22. The molecule has 0 heterocycles. The van der Waals surface area contributed by atoms with Gasteiger partial charge in [0.2, 0.25) is 0 Å². The summed E-state index contributed by atoms with van der Waals surface area (Å²) in [5, 5.41) is 0. The lowest BCUT2D eigenvalue weighted by Crippen LogP contribution is -2.17. The Hall–Kier alpha value is -1.06. The average molecular weight is 209 g/mol. The van der Waals surface area contributed by atoms with E-state index in [1.807, 2.05) is 32.0 Å². The first-order chi connectivity index (χ1) is 7.19. The molecule has 0 fully saturated rings. The molecule has 0 saturated heterocycles. The second-order valence-electron chi connectivity index (χ2n) is 3.50. The van der Waals surface area contributed by atoms with E-state index in [4.69, 9.17) is 15.2 Å². The van der Waals surface area contributed by atoms with Crippen molar-refractivity contribution in [1.82, 2.24) is 0 Å². The van der Waals surface area contributed by atoms with Crippen LogP contribution in [0.3, 0.4) is 0 Å². The van der Waals surface area contributed by atoms with Crippen LogP contribution in [-0.4, -0.2) is 20.3 Å². The zero-order valence-corrected chi connectivity index (χ0v) is 9.62. The summed E-state index contributed by atoms with van der Waals surface area (Å²) in [6.45, 7) is 5.23. The highest BCUT2D eigenvalue weighted by molar-refractivity contribution is 5.37. The Kier molecular flexibility index (Phi) is 4.59. The number of hydrogen-bond donors (Lipinski definition) is 1. The van der Waals surface area contributed by atoms with E-state index >= 15 is 0 Å². The van der Waals surface area contributed by atoms with Crippen molar-refractivity contribution in [1.29, 1.82) is 0 Å². The fraction of sp³-hybridized carbons (Fsp3) is 0.500. The Bertz CT molecular complexity index is 312. The van der Waals surface area contributed by atoms with Crippen molar-refractivity contribution in [2.75, 3.05) is 20.3 Å². The number of rotatable bonds is 5. The van der Waals surface area contributed by atoms with Gasteiger partial charge < -0.3 is 15.2 Å². The van der Waals surface area contributed by atoms with Gasteiger partial charge in [-0.2, -0.15) is 0 Å². The Balaban J connectivity index is 2.73. The van der Waals surface area contributed by atoms with Crippen LogP contribution in [0.1, 0.15) is 24.1 Å². The molecular weight excluding hydrogens is 190 g/mol. The van der Waals surface area contributed by atoms with E-state index in [9.17, 15) is 0 Å². The van der Waals surface area contributed by atoms with Gasteiger partial charge in [0.25, 0.3) is 0 Å². The van der Waals surface area contributed by atoms with Gasteiger partial charge in [0.05, 0.1) is 19.8 Å². The summed E-state index contributed by atoms with van der Waals surface area (Å²) in [6, 6.07) is 5.91. The van der Waals surface area contributed by atoms with Gasteiger partial charge in [-0.05, 0) is 31.0 Å². The molecule has 0 aromatic heterocycles.